The zero-order chi connectivity index (χ0) is 14.3. The van der Waals surface area contributed by atoms with E-state index in [1.807, 2.05) is 30.3 Å². The van der Waals surface area contributed by atoms with Crippen LogP contribution >= 0.6 is 0 Å². The predicted molar refractivity (Wildman–Crippen MR) is 69.3 cm³/mol. The van der Waals surface area contributed by atoms with E-state index in [4.69, 9.17) is 10.5 Å². The van der Waals surface area contributed by atoms with Gasteiger partial charge in [-0.15, -0.1) is 0 Å². The van der Waals surface area contributed by atoms with Crippen molar-refractivity contribution in [3.05, 3.63) is 35.9 Å². The molecule has 0 aliphatic heterocycles. The number of aliphatic hydroxyl groups is 1. The molecular weight excluding hydrogens is 248 g/mol. The number of ether oxygens (including phenoxy) is 1. The van der Waals surface area contributed by atoms with Crippen LogP contribution in [0.25, 0.3) is 0 Å². The monoisotopic (exact) mass is 266 g/mol. The van der Waals surface area contributed by atoms with Crippen molar-refractivity contribution in [3.63, 3.8) is 0 Å². The Bertz CT molecular complexity index is 422. The van der Waals surface area contributed by atoms with Crippen molar-refractivity contribution in [3.8, 4) is 0 Å². The SMILES string of the molecule is CCNC(=O)C(O)[C@H](Cc1ccccc1)OC(N)=O. The lowest BCUT2D eigenvalue weighted by Crippen LogP contribution is -2.45. The Hall–Kier alpha value is -2.08. The van der Waals surface area contributed by atoms with Gasteiger partial charge < -0.3 is 20.9 Å². The van der Waals surface area contributed by atoms with E-state index < -0.39 is 24.2 Å². The largest absolute Gasteiger partial charge is 0.443 e. The second kappa shape index (κ2) is 7.38. The molecule has 4 N–H and O–H groups in total. The second-order valence-electron chi connectivity index (χ2n) is 4.00. The molecule has 1 aromatic rings. The van der Waals surface area contributed by atoms with E-state index in [0.29, 0.717) is 6.54 Å². The summed E-state index contributed by atoms with van der Waals surface area (Å²) in [6.07, 6.45) is -3.27. The number of carbonyl (C=O) groups is 2. The maximum atomic E-state index is 11.6. The van der Waals surface area contributed by atoms with E-state index in [-0.39, 0.29) is 6.42 Å². The highest BCUT2D eigenvalue weighted by Crippen LogP contribution is 2.10. The summed E-state index contributed by atoms with van der Waals surface area (Å²) < 4.78 is 4.81. The summed E-state index contributed by atoms with van der Waals surface area (Å²) in [7, 11) is 0. The van der Waals surface area contributed by atoms with Crippen LogP contribution in [0.2, 0.25) is 0 Å². The number of nitrogens with one attached hydrogen (secondary N) is 1. The second-order valence-corrected chi connectivity index (χ2v) is 4.00. The molecule has 1 aromatic carbocycles. The molecule has 0 fully saturated rings. The van der Waals surface area contributed by atoms with Gasteiger partial charge in [-0.1, -0.05) is 30.3 Å². The number of benzene rings is 1. The molecular formula is C13H18N2O4. The number of amides is 2. The van der Waals surface area contributed by atoms with Gasteiger partial charge in [0.1, 0.15) is 6.10 Å². The maximum absolute atomic E-state index is 11.6. The van der Waals surface area contributed by atoms with Crippen molar-refractivity contribution in [1.82, 2.24) is 5.32 Å². The number of aliphatic hydroxyl groups excluding tert-OH is 1. The summed E-state index contributed by atoms with van der Waals surface area (Å²) in [5.41, 5.74) is 5.79. The van der Waals surface area contributed by atoms with Gasteiger partial charge in [-0.2, -0.15) is 0 Å². The molecule has 0 aromatic heterocycles. The average Bonchev–Trinajstić information content (AvgIpc) is 2.38. The lowest BCUT2D eigenvalue weighted by atomic mass is 10.0. The Morgan fingerprint density at radius 3 is 2.53 bits per heavy atom. The minimum atomic E-state index is -1.45. The van der Waals surface area contributed by atoms with Crippen LogP contribution < -0.4 is 11.1 Å². The molecule has 0 aliphatic carbocycles. The highest BCUT2D eigenvalue weighted by atomic mass is 16.6. The molecule has 6 nitrogen and oxygen atoms in total. The quantitative estimate of drug-likeness (QED) is 0.684. The Morgan fingerprint density at radius 2 is 2.00 bits per heavy atom. The van der Waals surface area contributed by atoms with Crippen molar-refractivity contribution in [2.45, 2.75) is 25.6 Å². The van der Waals surface area contributed by atoms with Crippen LogP contribution in [0.4, 0.5) is 4.79 Å². The first kappa shape index (κ1) is 15.0. The summed E-state index contributed by atoms with van der Waals surface area (Å²) in [5, 5.41) is 12.3. The van der Waals surface area contributed by atoms with E-state index in [2.05, 4.69) is 5.32 Å². The maximum Gasteiger partial charge on any atom is 0.404 e. The van der Waals surface area contributed by atoms with Crippen LogP contribution in [0.1, 0.15) is 12.5 Å². The van der Waals surface area contributed by atoms with Crippen LogP contribution in [0.15, 0.2) is 30.3 Å². The Kier molecular flexibility index (Phi) is 5.81. The van der Waals surface area contributed by atoms with E-state index in [1.54, 1.807) is 6.92 Å². The van der Waals surface area contributed by atoms with Crippen LogP contribution in [-0.4, -0.2) is 35.9 Å². The number of nitrogens with two attached hydrogens (primary N) is 1. The van der Waals surface area contributed by atoms with Gasteiger partial charge in [-0.25, -0.2) is 4.79 Å². The number of rotatable bonds is 6. The molecule has 0 saturated carbocycles. The van der Waals surface area contributed by atoms with Gasteiger partial charge in [0.25, 0.3) is 5.91 Å². The van der Waals surface area contributed by atoms with Crippen molar-refractivity contribution in [1.29, 1.82) is 0 Å². The fraction of sp³-hybridized carbons (Fsp3) is 0.385. The molecule has 1 rings (SSSR count). The van der Waals surface area contributed by atoms with Crippen molar-refractivity contribution in [2.75, 3.05) is 6.54 Å². The Labute approximate surface area is 111 Å². The summed E-state index contributed by atoms with van der Waals surface area (Å²) in [6.45, 7) is 2.11. The van der Waals surface area contributed by atoms with Crippen LogP contribution in [-0.2, 0) is 16.0 Å². The van der Waals surface area contributed by atoms with E-state index in [1.165, 1.54) is 0 Å². The molecule has 2 amide bonds. The molecule has 6 heteroatoms. The highest BCUT2D eigenvalue weighted by Gasteiger charge is 2.28. The van der Waals surface area contributed by atoms with Crippen LogP contribution in [0.3, 0.4) is 0 Å². The van der Waals surface area contributed by atoms with Gasteiger partial charge in [0.2, 0.25) is 0 Å². The number of likely N-dealkylation sites (N-methyl/N-ethyl adjacent to an activating group) is 1. The standard InChI is InChI=1S/C13H18N2O4/c1-2-15-12(17)11(16)10(19-13(14)18)8-9-6-4-3-5-7-9/h3-7,10-11,16H,2,8H2,1H3,(H2,14,18)(H,15,17)/t10-,11?/m0/s1. The first-order valence-electron chi connectivity index (χ1n) is 6.00. The van der Waals surface area contributed by atoms with Crippen LogP contribution in [0, 0.1) is 0 Å². The van der Waals surface area contributed by atoms with Gasteiger partial charge in [0.05, 0.1) is 0 Å². The molecule has 104 valence electrons. The first-order valence-corrected chi connectivity index (χ1v) is 6.00. The van der Waals surface area contributed by atoms with Gasteiger partial charge in [0, 0.05) is 13.0 Å². The minimum absolute atomic E-state index is 0.210. The highest BCUT2D eigenvalue weighted by molar-refractivity contribution is 5.81. The number of hydrogen-bond acceptors (Lipinski definition) is 4. The topological polar surface area (TPSA) is 102 Å². The number of carbonyl (C=O) groups excluding carboxylic acids is 2. The van der Waals surface area contributed by atoms with E-state index >= 15 is 0 Å². The van der Waals surface area contributed by atoms with Gasteiger partial charge in [0.15, 0.2) is 6.10 Å². The Balaban J connectivity index is 2.76. The molecule has 0 spiro atoms. The molecule has 2 atom stereocenters. The predicted octanol–water partition coefficient (Wildman–Crippen LogP) is 0.190. The third-order valence-corrected chi connectivity index (χ3v) is 2.52. The lowest BCUT2D eigenvalue weighted by molar-refractivity contribution is -0.134. The smallest absolute Gasteiger partial charge is 0.404 e. The first-order chi connectivity index (χ1) is 9.04. The normalized spacial score (nSPS) is 13.4. The fourth-order valence-corrected chi connectivity index (χ4v) is 1.66. The number of primary amides is 1. The van der Waals surface area contributed by atoms with Crippen molar-refractivity contribution < 1.29 is 19.4 Å². The van der Waals surface area contributed by atoms with Crippen molar-refractivity contribution >= 4 is 12.0 Å². The summed E-state index contributed by atoms with van der Waals surface area (Å²) >= 11 is 0. The molecule has 0 saturated heterocycles. The van der Waals surface area contributed by atoms with Gasteiger partial charge in [-0.05, 0) is 12.5 Å². The molecule has 0 bridgehead atoms. The third-order valence-electron chi connectivity index (χ3n) is 2.52. The summed E-state index contributed by atoms with van der Waals surface area (Å²) in [6, 6.07) is 9.08. The molecule has 0 radical (unpaired) electrons. The van der Waals surface area contributed by atoms with Crippen molar-refractivity contribution in [2.24, 2.45) is 5.73 Å². The molecule has 0 aliphatic rings. The summed E-state index contributed by atoms with van der Waals surface area (Å²) in [5.74, 6) is -0.593. The lowest BCUT2D eigenvalue weighted by Gasteiger charge is -2.21. The zero-order valence-electron chi connectivity index (χ0n) is 10.7. The van der Waals surface area contributed by atoms with Gasteiger partial charge >= 0.3 is 6.09 Å². The minimum Gasteiger partial charge on any atom is -0.443 e. The Morgan fingerprint density at radius 1 is 1.37 bits per heavy atom. The van der Waals surface area contributed by atoms with E-state index in [9.17, 15) is 14.7 Å². The summed E-state index contributed by atoms with van der Waals surface area (Å²) in [4.78, 5) is 22.4. The number of hydrogen-bond donors (Lipinski definition) is 3. The zero-order valence-corrected chi connectivity index (χ0v) is 10.7. The fourth-order valence-electron chi connectivity index (χ4n) is 1.66. The average molecular weight is 266 g/mol. The van der Waals surface area contributed by atoms with Crippen LogP contribution in [0.5, 0.6) is 0 Å². The molecule has 0 heterocycles. The van der Waals surface area contributed by atoms with E-state index in [0.717, 1.165) is 5.56 Å². The molecule has 19 heavy (non-hydrogen) atoms. The molecule has 1 unspecified atom stereocenters. The third kappa shape index (κ3) is 4.97. The van der Waals surface area contributed by atoms with Gasteiger partial charge in [-0.3, -0.25) is 4.79 Å².